The first-order valence-electron chi connectivity index (χ1n) is 2.14. The van der Waals surface area contributed by atoms with Gasteiger partial charge in [-0.25, -0.2) is 4.99 Å². The van der Waals surface area contributed by atoms with Gasteiger partial charge in [-0.1, -0.05) is 0 Å². The third-order valence-electron chi connectivity index (χ3n) is 0.907. The van der Waals surface area contributed by atoms with E-state index in [0.717, 1.165) is 0 Å². The van der Waals surface area contributed by atoms with Gasteiger partial charge in [0.25, 0.3) is 5.96 Å². The Morgan fingerprint density at radius 2 is 2.57 bits per heavy atom. The van der Waals surface area contributed by atoms with Crippen molar-refractivity contribution in [3.8, 4) is 0 Å². The van der Waals surface area contributed by atoms with Crippen molar-refractivity contribution < 1.29 is 5.06 Å². The number of nitrogens with one attached hydrogen (secondary N) is 1. The van der Waals surface area contributed by atoms with Crippen LogP contribution in [0.2, 0.25) is 0 Å². The molecule has 0 spiro atoms. The molecule has 40 valence electrons. The Balaban J connectivity index is 2.54. The van der Waals surface area contributed by atoms with E-state index in [4.69, 9.17) is 5.73 Å². The molecule has 0 aliphatic carbocycles. The smallest absolute Gasteiger partial charge is 0.293 e. The molecule has 1 rings (SSSR count). The predicted octanol–water partition coefficient (Wildman–Crippen LogP) is -2.30. The maximum atomic E-state index is 10.3. The van der Waals surface area contributed by atoms with Gasteiger partial charge in [-0.15, -0.1) is 0 Å². The molecule has 1 atom stereocenters. The third-order valence-corrected chi connectivity index (χ3v) is 0.907. The van der Waals surface area contributed by atoms with Crippen LogP contribution >= 0.6 is 0 Å². The van der Waals surface area contributed by atoms with Crippen molar-refractivity contribution in [2.75, 3.05) is 13.1 Å². The Morgan fingerprint density at radius 1 is 1.86 bits per heavy atom. The Bertz CT molecular complexity index is 100. The Hall–Kier alpha value is -0.610. The fraction of sp³-hybridized carbons (Fsp3) is 0.667. The number of hydrogen-bond acceptors (Lipinski definition) is 3. The number of nitrogens with two attached hydrogens (primary N) is 1. The molecule has 3 N–H and O–H groups in total. The lowest BCUT2D eigenvalue weighted by atomic mass is 10.7. The van der Waals surface area contributed by atoms with Gasteiger partial charge in [0.15, 0.2) is 0 Å². The molecule has 0 radical (unpaired) electrons. The second-order valence-corrected chi connectivity index (χ2v) is 1.44. The predicted molar refractivity (Wildman–Crippen MR) is 25.7 cm³/mol. The second kappa shape index (κ2) is 1.48. The zero-order valence-electron chi connectivity index (χ0n) is 3.85. The van der Waals surface area contributed by atoms with Crippen molar-refractivity contribution in [1.29, 1.82) is 0 Å². The maximum Gasteiger partial charge on any atom is 0.293 e. The highest BCUT2D eigenvalue weighted by molar-refractivity contribution is 5.69. The summed E-state index contributed by atoms with van der Waals surface area (Å²) >= 11 is 0. The Morgan fingerprint density at radius 3 is 2.71 bits per heavy atom. The highest BCUT2D eigenvalue weighted by atomic mass is 16.5. The molecule has 0 bridgehead atoms. The van der Waals surface area contributed by atoms with E-state index in [0.29, 0.717) is 13.1 Å². The van der Waals surface area contributed by atoms with E-state index in [2.05, 4.69) is 4.99 Å². The first kappa shape index (κ1) is 4.55. The van der Waals surface area contributed by atoms with Crippen LogP contribution in [0, 0.1) is 5.21 Å². The molecule has 0 fully saturated rings. The molecule has 0 aromatic carbocycles. The minimum absolute atomic E-state index is 0.0139. The molecule has 1 aliphatic rings. The van der Waals surface area contributed by atoms with Crippen molar-refractivity contribution in [3.63, 3.8) is 0 Å². The number of hydrogen-bond donors (Lipinski definition) is 2. The number of nitrogens with zero attached hydrogens (tertiary/aromatic N) is 1. The Labute approximate surface area is 41.2 Å². The van der Waals surface area contributed by atoms with Gasteiger partial charge in [-0.3, -0.25) is 0 Å². The average Bonchev–Trinajstić information content (AvgIpc) is 1.91. The summed E-state index contributed by atoms with van der Waals surface area (Å²) in [6.07, 6.45) is 0. The third kappa shape index (κ3) is 0.703. The number of hydroxylamine groups is 2. The van der Waals surface area contributed by atoms with Gasteiger partial charge in [-0.2, -0.15) is 0 Å². The van der Waals surface area contributed by atoms with Gasteiger partial charge in [0.1, 0.15) is 6.54 Å². The van der Waals surface area contributed by atoms with Crippen LogP contribution in [0.3, 0.4) is 0 Å². The van der Waals surface area contributed by atoms with Gasteiger partial charge in [0, 0.05) is 0 Å². The lowest BCUT2D eigenvalue weighted by molar-refractivity contribution is -0.740. The van der Waals surface area contributed by atoms with Gasteiger partial charge in [-0.05, 0) is 0 Å². The highest BCUT2D eigenvalue weighted by Gasteiger charge is 2.08. The number of guanidine groups is 1. The standard InChI is InChI=1S/C3H7N3O/c4-3-5-1-2-6(3)7/h6H,1-2H2,(H2,4,5). The van der Waals surface area contributed by atoms with Crippen LogP contribution in [0.1, 0.15) is 0 Å². The molecule has 0 aromatic rings. The summed E-state index contributed by atoms with van der Waals surface area (Å²) in [5, 5.41) is 10.3. The topological polar surface area (TPSA) is 65.9 Å². The molecule has 0 amide bonds. The van der Waals surface area contributed by atoms with Crippen molar-refractivity contribution in [3.05, 3.63) is 5.21 Å². The van der Waals surface area contributed by atoms with E-state index in [1.165, 1.54) is 0 Å². The lowest BCUT2D eigenvalue weighted by Gasteiger charge is -2.11. The number of rotatable bonds is 0. The maximum absolute atomic E-state index is 10.3. The van der Waals surface area contributed by atoms with E-state index < -0.39 is 0 Å². The summed E-state index contributed by atoms with van der Waals surface area (Å²) in [5.74, 6) is 0.194. The molecule has 1 aliphatic heterocycles. The first-order valence-corrected chi connectivity index (χ1v) is 2.14. The molecule has 0 saturated heterocycles. The average molecular weight is 101 g/mol. The van der Waals surface area contributed by atoms with Crippen LogP contribution in [0.4, 0.5) is 0 Å². The molecule has 4 nitrogen and oxygen atoms in total. The van der Waals surface area contributed by atoms with Gasteiger partial charge in [0.2, 0.25) is 0 Å². The summed E-state index contributed by atoms with van der Waals surface area (Å²) in [4.78, 5) is 3.66. The summed E-state index contributed by atoms with van der Waals surface area (Å²) in [5.41, 5.74) is 5.08. The molecule has 4 heteroatoms. The summed E-state index contributed by atoms with van der Waals surface area (Å²) < 4.78 is 0. The summed E-state index contributed by atoms with van der Waals surface area (Å²) in [7, 11) is 0. The van der Waals surface area contributed by atoms with Crippen molar-refractivity contribution >= 4 is 5.96 Å². The van der Waals surface area contributed by atoms with E-state index in [1.54, 1.807) is 0 Å². The fourth-order valence-corrected chi connectivity index (χ4v) is 0.494. The summed E-state index contributed by atoms with van der Waals surface area (Å²) in [6, 6.07) is 0. The molecular formula is C3H7N3O. The minimum Gasteiger partial charge on any atom is -0.627 e. The van der Waals surface area contributed by atoms with Gasteiger partial charge >= 0.3 is 0 Å². The van der Waals surface area contributed by atoms with Crippen molar-refractivity contribution in [2.45, 2.75) is 0 Å². The van der Waals surface area contributed by atoms with Crippen molar-refractivity contribution in [1.82, 2.24) is 0 Å². The van der Waals surface area contributed by atoms with E-state index in [9.17, 15) is 5.21 Å². The lowest BCUT2D eigenvalue weighted by Crippen LogP contribution is -3.10. The highest BCUT2D eigenvalue weighted by Crippen LogP contribution is 1.68. The number of quaternary nitrogens is 1. The zero-order valence-corrected chi connectivity index (χ0v) is 3.85. The van der Waals surface area contributed by atoms with Crippen LogP contribution in [0.15, 0.2) is 4.99 Å². The zero-order chi connectivity index (χ0) is 5.28. The molecule has 0 saturated carbocycles. The molecule has 7 heavy (non-hydrogen) atoms. The van der Waals surface area contributed by atoms with Crippen LogP contribution in [-0.4, -0.2) is 19.0 Å². The molecule has 1 heterocycles. The van der Waals surface area contributed by atoms with Gasteiger partial charge in [0.05, 0.1) is 6.54 Å². The van der Waals surface area contributed by atoms with Crippen LogP contribution in [0.5, 0.6) is 0 Å². The van der Waals surface area contributed by atoms with Crippen LogP contribution in [-0.2, 0) is 0 Å². The van der Waals surface area contributed by atoms with E-state index >= 15 is 0 Å². The van der Waals surface area contributed by atoms with E-state index in [-0.39, 0.29) is 11.0 Å². The fourth-order valence-electron chi connectivity index (χ4n) is 0.494. The molecular weight excluding hydrogens is 94.1 g/mol. The molecule has 1 unspecified atom stereocenters. The number of aliphatic imine (C=N–C) groups is 1. The quantitative estimate of drug-likeness (QED) is 0.337. The largest absolute Gasteiger partial charge is 0.627 e. The molecule has 0 aromatic heterocycles. The van der Waals surface area contributed by atoms with Crippen LogP contribution < -0.4 is 10.8 Å². The van der Waals surface area contributed by atoms with Crippen molar-refractivity contribution in [2.24, 2.45) is 10.7 Å². The minimum atomic E-state index is -0.0139. The SMILES string of the molecule is NC1=NCC[NH+]1[O-]. The first-order chi connectivity index (χ1) is 3.30. The normalized spacial score (nSPS) is 30.4. The van der Waals surface area contributed by atoms with E-state index in [1.807, 2.05) is 0 Å². The summed E-state index contributed by atoms with van der Waals surface area (Å²) in [6.45, 7) is 1.09. The van der Waals surface area contributed by atoms with Crippen LogP contribution in [0.25, 0.3) is 0 Å². The van der Waals surface area contributed by atoms with Gasteiger partial charge < -0.3 is 16.0 Å². The second-order valence-electron chi connectivity index (χ2n) is 1.44. The monoisotopic (exact) mass is 101 g/mol. The Kier molecular flexibility index (Phi) is 0.958.